The van der Waals surface area contributed by atoms with E-state index in [1.54, 1.807) is 0 Å². The third kappa shape index (κ3) is 3.21. The highest BCUT2D eigenvalue weighted by Gasteiger charge is 2.32. The zero-order valence-electron chi connectivity index (χ0n) is 11.6. The van der Waals surface area contributed by atoms with E-state index in [1.165, 1.54) is 0 Å². The van der Waals surface area contributed by atoms with Crippen molar-refractivity contribution in [3.05, 3.63) is 48.0 Å². The second-order valence-electron chi connectivity index (χ2n) is 5.56. The summed E-state index contributed by atoms with van der Waals surface area (Å²) in [5.41, 5.74) is 0.914. The number of carbonyl (C=O) groups is 2. The number of amides is 1. The Bertz CT molecular complexity index is 691. The molecule has 1 fully saturated rings. The molecular weight excluding hydrogens is 266 g/mol. The number of carbonyl (C=O) groups excluding carboxylic acids is 1. The first kappa shape index (κ1) is 13.6. The fourth-order valence-electron chi connectivity index (χ4n) is 2.44. The molecule has 1 amide bonds. The Morgan fingerprint density at radius 3 is 2.52 bits per heavy atom. The summed E-state index contributed by atoms with van der Waals surface area (Å²) in [4.78, 5) is 23.1. The number of rotatable bonds is 5. The van der Waals surface area contributed by atoms with Crippen LogP contribution in [0.4, 0.5) is 0 Å². The third-order valence-electron chi connectivity index (χ3n) is 3.82. The number of fused-ring (bicyclic) bond motifs is 1. The molecule has 21 heavy (non-hydrogen) atoms. The Kier molecular flexibility index (Phi) is 3.60. The molecule has 1 unspecified atom stereocenters. The molecule has 4 nitrogen and oxygen atoms in total. The lowest BCUT2D eigenvalue weighted by molar-refractivity contribution is -0.142. The van der Waals surface area contributed by atoms with Crippen molar-refractivity contribution in [3.8, 4) is 0 Å². The van der Waals surface area contributed by atoms with E-state index in [4.69, 9.17) is 0 Å². The Morgan fingerprint density at radius 1 is 1.14 bits per heavy atom. The molecule has 2 aromatic rings. The van der Waals surface area contributed by atoms with Crippen molar-refractivity contribution in [3.63, 3.8) is 0 Å². The van der Waals surface area contributed by atoms with Crippen molar-refractivity contribution < 1.29 is 14.7 Å². The van der Waals surface area contributed by atoms with Gasteiger partial charge in [0.2, 0.25) is 5.91 Å². The van der Waals surface area contributed by atoms with Crippen LogP contribution in [0.1, 0.15) is 18.4 Å². The normalized spacial score (nSPS) is 15.6. The van der Waals surface area contributed by atoms with E-state index in [0.717, 1.165) is 29.2 Å². The molecule has 108 valence electrons. The maximum atomic E-state index is 11.7. The van der Waals surface area contributed by atoms with Crippen molar-refractivity contribution >= 4 is 22.6 Å². The van der Waals surface area contributed by atoms with Crippen LogP contribution in [-0.2, 0) is 16.0 Å². The average Bonchev–Trinajstić information content (AvgIpc) is 3.31. The molecule has 0 aromatic heterocycles. The summed E-state index contributed by atoms with van der Waals surface area (Å²) >= 11 is 0. The number of benzene rings is 2. The van der Waals surface area contributed by atoms with Gasteiger partial charge in [0, 0.05) is 12.3 Å². The van der Waals surface area contributed by atoms with Crippen LogP contribution >= 0.6 is 0 Å². The summed E-state index contributed by atoms with van der Waals surface area (Å²) in [6.07, 6.45) is 2.04. The molecule has 2 N–H and O–H groups in total. The monoisotopic (exact) mass is 283 g/mol. The van der Waals surface area contributed by atoms with E-state index < -0.39 is 12.0 Å². The first-order chi connectivity index (χ1) is 10.1. The summed E-state index contributed by atoms with van der Waals surface area (Å²) < 4.78 is 0. The quantitative estimate of drug-likeness (QED) is 0.885. The summed E-state index contributed by atoms with van der Waals surface area (Å²) in [6, 6.07) is 13.0. The second-order valence-corrected chi connectivity index (χ2v) is 5.56. The van der Waals surface area contributed by atoms with Gasteiger partial charge in [-0.1, -0.05) is 42.5 Å². The van der Waals surface area contributed by atoms with Crippen LogP contribution in [0.5, 0.6) is 0 Å². The van der Waals surface area contributed by atoms with E-state index in [1.807, 2.05) is 42.5 Å². The largest absolute Gasteiger partial charge is 0.480 e. The van der Waals surface area contributed by atoms with Crippen molar-refractivity contribution in [2.75, 3.05) is 0 Å². The van der Waals surface area contributed by atoms with Crippen molar-refractivity contribution in [1.29, 1.82) is 0 Å². The lowest BCUT2D eigenvalue weighted by Crippen LogP contribution is -2.43. The first-order valence-electron chi connectivity index (χ1n) is 7.14. The average molecular weight is 283 g/mol. The lowest BCUT2D eigenvalue weighted by Gasteiger charge is -2.15. The highest BCUT2D eigenvalue weighted by Crippen LogP contribution is 2.29. The first-order valence-corrected chi connectivity index (χ1v) is 7.14. The number of carboxylic acid groups (broad SMARTS) is 1. The molecule has 4 heteroatoms. The van der Waals surface area contributed by atoms with Gasteiger partial charge in [-0.3, -0.25) is 4.79 Å². The molecule has 0 aliphatic heterocycles. The van der Waals surface area contributed by atoms with E-state index in [0.29, 0.717) is 6.42 Å². The molecular formula is C17H17NO3. The predicted octanol–water partition coefficient (Wildman–Crippen LogP) is 2.36. The van der Waals surface area contributed by atoms with E-state index in [9.17, 15) is 14.7 Å². The SMILES string of the molecule is O=C(NC(Cc1ccc2ccccc2c1)C(=O)O)C1CC1. The number of carboxylic acids is 1. The van der Waals surface area contributed by atoms with Gasteiger partial charge < -0.3 is 10.4 Å². The Labute approximate surface area is 122 Å². The summed E-state index contributed by atoms with van der Waals surface area (Å²) in [5.74, 6) is -1.11. The molecule has 0 radical (unpaired) electrons. The van der Waals surface area contributed by atoms with Crippen LogP contribution < -0.4 is 5.32 Å². The van der Waals surface area contributed by atoms with Gasteiger partial charge >= 0.3 is 5.97 Å². The van der Waals surface area contributed by atoms with Crippen LogP contribution in [0.25, 0.3) is 10.8 Å². The van der Waals surface area contributed by atoms with Crippen LogP contribution in [-0.4, -0.2) is 23.0 Å². The molecule has 0 spiro atoms. The minimum absolute atomic E-state index is 0.0171. The van der Waals surface area contributed by atoms with Gasteiger partial charge in [-0.15, -0.1) is 0 Å². The smallest absolute Gasteiger partial charge is 0.326 e. The van der Waals surface area contributed by atoms with Crippen molar-refractivity contribution in [2.45, 2.75) is 25.3 Å². The van der Waals surface area contributed by atoms with E-state index >= 15 is 0 Å². The minimum atomic E-state index is -0.989. The topological polar surface area (TPSA) is 66.4 Å². The summed E-state index contributed by atoms with van der Waals surface area (Å²) in [5, 5.41) is 14.1. The number of nitrogens with one attached hydrogen (secondary N) is 1. The molecule has 0 saturated heterocycles. The van der Waals surface area contributed by atoms with E-state index in [-0.39, 0.29) is 11.8 Å². The van der Waals surface area contributed by atoms with Gasteiger partial charge in [0.1, 0.15) is 6.04 Å². The van der Waals surface area contributed by atoms with Crippen LogP contribution in [0.15, 0.2) is 42.5 Å². The van der Waals surface area contributed by atoms with Gasteiger partial charge in [0.05, 0.1) is 0 Å². The Morgan fingerprint density at radius 2 is 1.86 bits per heavy atom. The zero-order chi connectivity index (χ0) is 14.8. The highest BCUT2D eigenvalue weighted by molar-refractivity contribution is 5.87. The van der Waals surface area contributed by atoms with Gasteiger partial charge in [0.25, 0.3) is 0 Å². The number of hydrogen-bond acceptors (Lipinski definition) is 2. The molecule has 0 bridgehead atoms. The predicted molar refractivity (Wildman–Crippen MR) is 79.9 cm³/mol. The standard InChI is InChI=1S/C17H17NO3/c19-16(13-7-8-13)18-15(17(20)21)10-11-5-6-12-3-1-2-4-14(12)9-11/h1-6,9,13,15H,7-8,10H2,(H,18,19)(H,20,21). The van der Waals surface area contributed by atoms with Gasteiger partial charge in [-0.2, -0.15) is 0 Å². The second kappa shape index (κ2) is 5.56. The number of aliphatic carboxylic acids is 1. The third-order valence-corrected chi connectivity index (χ3v) is 3.82. The van der Waals surface area contributed by atoms with Crippen LogP contribution in [0, 0.1) is 5.92 Å². The van der Waals surface area contributed by atoms with Crippen molar-refractivity contribution in [1.82, 2.24) is 5.32 Å². The minimum Gasteiger partial charge on any atom is -0.480 e. The molecule has 3 rings (SSSR count). The molecule has 1 atom stereocenters. The van der Waals surface area contributed by atoms with Crippen molar-refractivity contribution in [2.24, 2.45) is 5.92 Å². The Balaban J connectivity index is 1.76. The Hall–Kier alpha value is -2.36. The molecule has 2 aromatic carbocycles. The van der Waals surface area contributed by atoms with Crippen LogP contribution in [0.2, 0.25) is 0 Å². The molecule has 0 heterocycles. The van der Waals surface area contributed by atoms with Gasteiger partial charge in [-0.05, 0) is 29.2 Å². The summed E-state index contributed by atoms with van der Waals surface area (Å²) in [7, 11) is 0. The highest BCUT2D eigenvalue weighted by atomic mass is 16.4. The zero-order valence-corrected chi connectivity index (χ0v) is 11.6. The molecule has 1 aliphatic rings. The lowest BCUT2D eigenvalue weighted by atomic mass is 10.0. The fourth-order valence-corrected chi connectivity index (χ4v) is 2.44. The van der Waals surface area contributed by atoms with Gasteiger partial charge in [0.15, 0.2) is 0 Å². The summed E-state index contributed by atoms with van der Waals surface area (Å²) in [6.45, 7) is 0. The van der Waals surface area contributed by atoms with Crippen LogP contribution in [0.3, 0.4) is 0 Å². The maximum Gasteiger partial charge on any atom is 0.326 e. The number of hydrogen-bond donors (Lipinski definition) is 2. The van der Waals surface area contributed by atoms with Gasteiger partial charge in [-0.25, -0.2) is 4.79 Å². The van der Waals surface area contributed by atoms with E-state index in [2.05, 4.69) is 5.32 Å². The fraction of sp³-hybridized carbons (Fsp3) is 0.294. The maximum absolute atomic E-state index is 11.7. The molecule has 1 aliphatic carbocycles. The molecule has 1 saturated carbocycles.